The molecule has 28 heavy (non-hydrogen) atoms. The highest BCUT2D eigenvalue weighted by molar-refractivity contribution is 6.30. The molecule has 5 heteroatoms. The van der Waals surface area contributed by atoms with Crippen molar-refractivity contribution in [3.63, 3.8) is 0 Å². The molecule has 0 N–H and O–H groups in total. The summed E-state index contributed by atoms with van der Waals surface area (Å²) in [7, 11) is 1.53. The molecule has 0 unspecified atom stereocenters. The highest BCUT2D eigenvalue weighted by Crippen LogP contribution is 2.33. The highest BCUT2D eigenvalue weighted by Gasteiger charge is 2.33. The lowest BCUT2D eigenvalue weighted by Gasteiger charge is -2.24. The Balaban J connectivity index is 1.65. The number of rotatable bonds is 3. The molecule has 0 saturated carbocycles. The maximum atomic E-state index is 13.0. The fourth-order valence-corrected chi connectivity index (χ4v) is 3.32. The van der Waals surface area contributed by atoms with Gasteiger partial charge in [0.05, 0.1) is 11.3 Å². The van der Waals surface area contributed by atoms with E-state index in [4.69, 9.17) is 4.74 Å². The second-order valence-electron chi connectivity index (χ2n) is 6.50. The summed E-state index contributed by atoms with van der Waals surface area (Å²) < 4.78 is 5.36. The molecule has 138 valence electrons. The lowest BCUT2D eigenvalue weighted by molar-refractivity contribution is 0.0979. The molecule has 1 aliphatic rings. The van der Waals surface area contributed by atoms with E-state index in [-0.39, 0.29) is 23.7 Å². The van der Waals surface area contributed by atoms with Crippen molar-refractivity contribution < 1.29 is 19.1 Å². The van der Waals surface area contributed by atoms with Gasteiger partial charge in [0.25, 0.3) is 0 Å². The molecular formula is C23H17NO4. The van der Waals surface area contributed by atoms with Crippen LogP contribution in [-0.2, 0) is 11.3 Å². The van der Waals surface area contributed by atoms with Gasteiger partial charge in [-0.1, -0.05) is 66.7 Å². The number of ether oxygens (including phenoxy) is 1. The minimum absolute atomic E-state index is 0.120. The zero-order chi connectivity index (χ0) is 19.7. The Labute approximate surface area is 162 Å². The third kappa shape index (κ3) is 2.97. The Morgan fingerprint density at radius 3 is 2.11 bits per heavy atom. The normalized spacial score (nSPS) is 12.2. The van der Waals surface area contributed by atoms with Gasteiger partial charge in [-0.15, -0.1) is 0 Å². The second kappa shape index (κ2) is 7.12. The van der Waals surface area contributed by atoms with Crippen LogP contribution in [-0.4, -0.2) is 24.7 Å². The Kier molecular flexibility index (Phi) is 4.49. The van der Waals surface area contributed by atoms with Gasteiger partial charge in [-0.25, -0.2) is 4.79 Å². The quantitative estimate of drug-likeness (QED) is 0.540. The average molecular weight is 371 g/mol. The summed E-state index contributed by atoms with van der Waals surface area (Å²) in [6, 6.07) is 21.0. The summed E-state index contributed by atoms with van der Waals surface area (Å²) in [5, 5.41) is 0. The van der Waals surface area contributed by atoms with E-state index in [1.54, 1.807) is 42.5 Å². The van der Waals surface area contributed by atoms with Crippen LogP contribution >= 0.6 is 0 Å². The maximum absolute atomic E-state index is 13.0. The molecule has 0 radical (unpaired) electrons. The predicted octanol–water partition coefficient (Wildman–Crippen LogP) is 4.24. The zero-order valence-corrected chi connectivity index (χ0v) is 15.2. The van der Waals surface area contributed by atoms with Gasteiger partial charge in [0, 0.05) is 23.7 Å². The molecule has 0 bridgehead atoms. The second-order valence-corrected chi connectivity index (χ2v) is 6.50. The molecule has 1 aliphatic carbocycles. The standard InChI is InChI=1S/C23H17NO4/c1-24(23(27)28-14-15-8-3-2-4-9-15)19-13-7-12-18-20(19)22(26)17-11-6-5-10-16(17)21(18)25/h2-13H,14H2,1H3. The van der Waals surface area contributed by atoms with Gasteiger partial charge < -0.3 is 4.74 Å². The monoisotopic (exact) mass is 371 g/mol. The molecule has 4 rings (SSSR count). The number of fused-ring (bicyclic) bond motifs is 2. The van der Waals surface area contributed by atoms with Crippen LogP contribution in [0.4, 0.5) is 10.5 Å². The van der Waals surface area contributed by atoms with Crippen molar-refractivity contribution in [2.24, 2.45) is 0 Å². The molecule has 5 nitrogen and oxygen atoms in total. The van der Waals surface area contributed by atoms with Gasteiger partial charge in [-0.05, 0) is 11.6 Å². The largest absolute Gasteiger partial charge is 0.444 e. The first kappa shape index (κ1) is 17.7. The predicted molar refractivity (Wildman–Crippen MR) is 105 cm³/mol. The van der Waals surface area contributed by atoms with Gasteiger partial charge >= 0.3 is 6.09 Å². The van der Waals surface area contributed by atoms with E-state index in [1.807, 2.05) is 30.3 Å². The summed E-state index contributed by atoms with van der Waals surface area (Å²) in [5.41, 5.74) is 2.46. The van der Waals surface area contributed by atoms with Gasteiger partial charge in [0.2, 0.25) is 0 Å². The SMILES string of the molecule is CN(C(=O)OCc1ccccc1)c1cccc2c1C(=O)c1ccccc1C2=O. The Morgan fingerprint density at radius 1 is 0.786 bits per heavy atom. The van der Waals surface area contributed by atoms with Gasteiger partial charge in [0.1, 0.15) is 6.61 Å². The van der Waals surface area contributed by atoms with Gasteiger partial charge in [-0.3, -0.25) is 14.5 Å². The molecule has 0 aliphatic heterocycles. The third-order valence-corrected chi connectivity index (χ3v) is 4.77. The number of anilines is 1. The number of ketones is 2. The number of carbonyl (C=O) groups excluding carboxylic acids is 3. The van der Waals surface area contributed by atoms with E-state index >= 15 is 0 Å². The molecule has 0 spiro atoms. The van der Waals surface area contributed by atoms with E-state index < -0.39 is 6.09 Å². The molecule has 0 fully saturated rings. The highest BCUT2D eigenvalue weighted by atomic mass is 16.6. The number of benzene rings is 3. The van der Waals surface area contributed by atoms with Crippen LogP contribution in [0.1, 0.15) is 37.4 Å². The smallest absolute Gasteiger partial charge is 0.414 e. The number of hydrogen-bond acceptors (Lipinski definition) is 4. The van der Waals surface area contributed by atoms with Gasteiger partial charge in [-0.2, -0.15) is 0 Å². The summed E-state index contributed by atoms with van der Waals surface area (Å²) in [4.78, 5) is 39.7. The van der Waals surface area contributed by atoms with Crippen LogP contribution in [0.25, 0.3) is 0 Å². The third-order valence-electron chi connectivity index (χ3n) is 4.77. The maximum Gasteiger partial charge on any atom is 0.414 e. The molecular weight excluding hydrogens is 354 g/mol. The zero-order valence-electron chi connectivity index (χ0n) is 15.2. The lowest BCUT2D eigenvalue weighted by atomic mass is 9.83. The van der Waals surface area contributed by atoms with Crippen molar-refractivity contribution in [3.05, 3.63) is 101 Å². The van der Waals surface area contributed by atoms with Crippen molar-refractivity contribution in [1.82, 2.24) is 0 Å². The van der Waals surface area contributed by atoms with E-state index in [2.05, 4.69) is 0 Å². The van der Waals surface area contributed by atoms with Crippen LogP contribution in [0.5, 0.6) is 0 Å². The van der Waals surface area contributed by atoms with Crippen LogP contribution in [0.15, 0.2) is 72.8 Å². The van der Waals surface area contributed by atoms with Crippen LogP contribution in [0.3, 0.4) is 0 Å². The van der Waals surface area contributed by atoms with Gasteiger partial charge in [0.15, 0.2) is 11.6 Å². The van der Waals surface area contributed by atoms with E-state index in [1.165, 1.54) is 11.9 Å². The minimum atomic E-state index is -0.601. The van der Waals surface area contributed by atoms with E-state index in [9.17, 15) is 14.4 Å². The van der Waals surface area contributed by atoms with Crippen molar-refractivity contribution >= 4 is 23.3 Å². The van der Waals surface area contributed by atoms with E-state index in [0.29, 0.717) is 22.4 Å². The van der Waals surface area contributed by atoms with Crippen molar-refractivity contribution in [2.45, 2.75) is 6.61 Å². The average Bonchev–Trinajstić information content (AvgIpc) is 2.75. The Hall–Kier alpha value is -3.73. The fraction of sp³-hybridized carbons (Fsp3) is 0.0870. The fourth-order valence-electron chi connectivity index (χ4n) is 3.32. The molecule has 3 aromatic carbocycles. The molecule has 0 saturated heterocycles. The van der Waals surface area contributed by atoms with E-state index in [0.717, 1.165) is 5.56 Å². The summed E-state index contributed by atoms with van der Waals surface area (Å²) in [5.74, 6) is -0.499. The molecule has 0 heterocycles. The number of carbonyl (C=O) groups is 3. The molecule has 1 amide bonds. The number of hydrogen-bond donors (Lipinski definition) is 0. The topological polar surface area (TPSA) is 63.7 Å². The van der Waals surface area contributed by atoms with Crippen LogP contribution < -0.4 is 4.90 Å². The Morgan fingerprint density at radius 2 is 1.39 bits per heavy atom. The van der Waals surface area contributed by atoms with Crippen LogP contribution in [0, 0.1) is 0 Å². The molecule has 3 aromatic rings. The van der Waals surface area contributed by atoms with Crippen molar-refractivity contribution in [3.8, 4) is 0 Å². The first-order valence-electron chi connectivity index (χ1n) is 8.84. The number of nitrogens with zero attached hydrogens (tertiary/aromatic N) is 1. The first-order valence-corrected chi connectivity index (χ1v) is 8.84. The van der Waals surface area contributed by atoms with Crippen molar-refractivity contribution in [1.29, 1.82) is 0 Å². The molecule has 0 aromatic heterocycles. The first-order chi connectivity index (χ1) is 13.6. The lowest BCUT2D eigenvalue weighted by Crippen LogP contribution is -2.31. The molecule has 0 atom stereocenters. The number of amides is 1. The Bertz CT molecular complexity index is 1090. The van der Waals surface area contributed by atoms with Crippen molar-refractivity contribution in [2.75, 3.05) is 11.9 Å². The summed E-state index contributed by atoms with van der Waals surface area (Å²) in [6.45, 7) is 0.120. The minimum Gasteiger partial charge on any atom is -0.444 e. The van der Waals surface area contributed by atoms with Crippen LogP contribution in [0.2, 0.25) is 0 Å². The summed E-state index contributed by atoms with van der Waals surface area (Å²) >= 11 is 0. The summed E-state index contributed by atoms with van der Waals surface area (Å²) in [6.07, 6.45) is -0.601.